The Kier molecular flexibility index (Phi) is 6.04. The average Bonchev–Trinajstić information content (AvgIpc) is 3.09. The number of pyridine rings is 1. The lowest BCUT2D eigenvalue weighted by atomic mass is 10.2. The summed E-state index contributed by atoms with van der Waals surface area (Å²) in [6.07, 6.45) is 2.50. The first kappa shape index (κ1) is 22.7. The van der Waals surface area contributed by atoms with E-state index in [1.165, 1.54) is 22.6 Å². The SMILES string of the molecule is Cc1ccc2nc(CNc3ccc(NS(=O)(=O)c4ccc5c(c4)OCCCO5)cc3)cc(=O)n2c1. The molecular formula is C25H24N4O5S. The van der Waals surface area contributed by atoms with E-state index in [2.05, 4.69) is 15.0 Å². The number of nitrogens with zero attached hydrogens (tertiary/aromatic N) is 2. The smallest absolute Gasteiger partial charge is 0.262 e. The van der Waals surface area contributed by atoms with Crippen molar-refractivity contribution in [3.05, 3.63) is 88.5 Å². The molecule has 2 aromatic carbocycles. The van der Waals surface area contributed by atoms with E-state index in [9.17, 15) is 13.2 Å². The highest BCUT2D eigenvalue weighted by Crippen LogP contribution is 2.32. The van der Waals surface area contributed by atoms with Crippen LogP contribution < -0.4 is 25.1 Å². The van der Waals surface area contributed by atoms with Gasteiger partial charge in [-0.1, -0.05) is 6.07 Å². The number of hydrogen-bond donors (Lipinski definition) is 2. The molecule has 1 aliphatic rings. The summed E-state index contributed by atoms with van der Waals surface area (Å²) >= 11 is 0. The molecule has 0 bridgehead atoms. The summed E-state index contributed by atoms with van der Waals surface area (Å²) in [5, 5.41) is 3.21. The molecule has 180 valence electrons. The minimum atomic E-state index is -3.81. The molecule has 5 rings (SSSR count). The van der Waals surface area contributed by atoms with Gasteiger partial charge >= 0.3 is 0 Å². The zero-order chi connectivity index (χ0) is 24.4. The van der Waals surface area contributed by atoms with Crippen molar-refractivity contribution < 1.29 is 17.9 Å². The van der Waals surface area contributed by atoms with Gasteiger partial charge in [0.15, 0.2) is 11.5 Å². The minimum absolute atomic E-state index is 0.0906. The molecule has 0 spiro atoms. The third kappa shape index (κ3) is 5.07. The van der Waals surface area contributed by atoms with E-state index in [0.717, 1.165) is 17.7 Å². The van der Waals surface area contributed by atoms with Gasteiger partial charge in [0.05, 0.1) is 30.3 Å². The number of hydrogen-bond acceptors (Lipinski definition) is 7. The Balaban J connectivity index is 1.26. The van der Waals surface area contributed by atoms with Crippen LogP contribution in [0.5, 0.6) is 11.5 Å². The van der Waals surface area contributed by atoms with Crippen LogP contribution in [0.15, 0.2) is 76.6 Å². The Morgan fingerprint density at radius 1 is 0.943 bits per heavy atom. The van der Waals surface area contributed by atoms with Gasteiger partial charge in [0.25, 0.3) is 15.6 Å². The summed E-state index contributed by atoms with van der Waals surface area (Å²) in [5.74, 6) is 0.956. The lowest BCUT2D eigenvalue weighted by molar-refractivity contribution is 0.297. The van der Waals surface area contributed by atoms with Crippen molar-refractivity contribution in [1.82, 2.24) is 9.38 Å². The van der Waals surface area contributed by atoms with Gasteiger partial charge in [-0.2, -0.15) is 0 Å². The molecule has 0 aliphatic carbocycles. The fourth-order valence-electron chi connectivity index (χ4n) is 3.72. The maximum Gasteiger partial charge on any atom is 0.262 e. The minimum Gasteiger partial charge on any atom is -0.490 e. The second kappa shape index (κ2) is 9.30. The average molecular weight is 493 g/mol. The summed E-state index contributed by atoms with van der Waals surface area (Å²) in [6.45, 7) is 3.28. The molecule has 0 unspecified atom stereocenters. The second-order valence-electron chi connectivity index (χ2n) is 8.22. The number of sulfonamides is 1. The van der Waals surface area contributed by atoms with E-state index >= 15 is 0 Å². The van der Waals surface area contributed by atoms with E-state index in [0.29, 0.717) is 48.3 Å². The van der Waals surface area contributed by atoms with Gasteiger partial charge in [0, 0.05) is 36.1 Å². The second-order valence-corrected chi connectivity index (χ2v) is 9.90. The van der Waals surface area contributed by atoms with Crippen molar-refractivity contribution in [2.45, 2.75) is 24.8 Å². The van der Waals surface area contributed by atoms with Gasteiger partial charge in [-0.25, -0.2) is 13.4 Å². The van der Waals surface area contributed by atoms with Crippen LogP contribution in [0.4, 0.5) is 11.4 Å². The molecular weight excluding hydrogens is 468 g/mol. The van der Waals surface area contributed by atoms with E-state index in [-0.39, 0.29) is 10.5 Å². The lowest BCUT2D eigenvalue weighted by Crippen LogP contribution is -2.17. The third-order valence-corrected chi connectivity index (χ3v) is 6.88. The molecule has 10 heteroatoms. The number of benzene rings is 2. The largest absolute Gasteiger partial charge is 0.490 e. The van der Waals surface area contributed by atoms with Gasteiger partial charge in [-0.15, -0.1) is 0 Å². The van der Waals surface area contributed by atoms with Crippen molar-refractivity contribution in [2.75, 3.05) is 23.3 Å². The fraction of sp³-hybridized carbons (Fsp3) is 0.200. The van der Waals surface area contributed by atoms with Gasteiger partial charge in [0.2, 0.25) is 0 Å². The predicted molar refractivity (Wildman–Crippen MR) is 133 cm³/mol. The molecule has 0 saturated carbocycles. The summed E-state index contributed by atoms with van der Waals surface area (Å²) in [6, 6.07) is 16.6. The van der Waals surface area contributed by atoms with E-state index in [1.807, 2.05) is 19.1 Å². The standard InChI is InChI=1S/C25H24N4O5S/c1-17-3-10-24-27-20(13-25(30)29(24)16-17)15-26-18-4-6-19(7-5-18)28-35(31,32)21-8-9-22-23(14-21)34-12-2-11-33-22/h3-10,13-14,16,26,28H,2,11-12,15H2,1H3. The van der Waals surface area contributed by atoms with Crippen molar-refractivity contribution in [2.24, 2.45) is 0 Å². The van der Waals surface area contributed by atoms with E-state index in [4.69, 9.17) is 9.47 Å². The molecule has 0 fully saturated rings. The van der Waals surface area contributed by atoms with Gasteiger partial charge < -0.3 is 14.8 Å². The molecule has 9 nitrogen and oxygen atoms in total. The molecule has 2 aromatic heterocycles. The molecule has 1 aliphatic heterocycles. The zero-order valence-corrected chi connectivity index (χ0v) is 19.8. The van der Waals surface area contributed by atoms with Crippen molar-refractivity contribution >= 4 is 27.0 Å². The number of nitrogens with one attached hydrogen (secondary N) is 2. The van der Waals surface area contributed by atoms with Gasteiger partial charge in [-0.3, -0.25) is 13.9 Å². The van der Waals surface area contributed by atoms with Crippen LogP contribution in [0.2, 0.25) is 0 Å². The highest BCUT2D eigenvalue weighted by Gasteiger charge is 2.19. The number of ether oxygens (including phenoxy) is 2. The Morgan fingerprint density at radius 3 is 2.49 bits per heavy atom. The van der Waals surface area contributed by atoms with E-state index < -0.39 is 10.0 Å². The summed E-state index contributed by atoms with van der Waals surface area (Å²) < 4.78 is 41.0. The molecule has 3 heterocycles. The number of fused-ring (bicyclic) bond motifs is 2. The van der Waals surface area contributed by atoms with Gasteiger partial charge in [-0.05, 0) is 55.0 Å². The zero-order valence-electron chi connectivity index (χ0n) is 19.0. The van der Waals surface area contributed by atoms with Crippen LogP contribution in [0.3, 0.4) is 0 Å². The molecule has 0 atom stereocenters. The highest BCUT2D eigenvalue weighted by molar-refractivity contribution is 7.92. The van der Waals surface area contributed by atoms with E-state index in [1.54, 1.807) is 36.5 Å². The number of aryl methyl sites for hydroxylation is 1. The predicted octanol–water partition coefficient (Wildman–Crippen LogP) is 3.58. The normalized spacial score (nSPS) is 13.3. The van der Waals surface area contributed by atoms with Crippen LogP contribution in [-0.2, 0) is 16.6 Å². The monoisotopic (exact) mass is 492 g/mol. The van der Waals surface area contributed by atoms with Crippen molar-refractivity contribution in [3.8, 4) is 11.5 Å². The molecule has 4 aromatic rings. The Bertz CT molecular complexity index is 1550. The summed E-state index contributed by atoms with van der Waals surface area (Å²) in [4.78, 5) is 17.0. The Labute approximate surface area is 202 Å². The Morgan fingerprint density at radius 2 is 1.69 bits per heavy atom. The summed E-state index contributed by atoms with van der Waals surface area (Å²) in [7, 11) is -3.81. The molecule has 0 amide bonds. The van der Waals surface area contributed by atoms with Crippen molar-refractivity contribution in [3.63, 3.8) is 0 Å². The topological polar surface area (TPSA) is 111 Å². The first-order chi connectivity index (χ1) is 16.9. The van der Waals surface area contributed by atoms with Crippen LogP contribution >= 0.6 is 0 Å². The first-order valence-corrected chi connectivity index (χ1v) is 12.6. The summed E-state index contributed by atoms with van der Waals surface area (Å²) in [5.41, 5.74) is 3.20. The number of anilines is 2. The highest BCUT2D eigenvalue weighted by atomic mass is 32.2. The molecule has 2 N–H and O–H groups in total. The molecule has 0 saturated heterocycles. The van der Waals surface area contributed by atoms with Gasteiger partial charge in [0.1, 0.15) is 5.65 Å². The fourth-order valence-corrected chi connectivity index (χ4v) is 4.80. The first-order valence-electron chi connectivity index (χ1n) is 11.1. The number of rotatable bonds is 6. The van der Waals surface area contributed by atoms with Crippen LogP contribution in [0, 0.1) is 6.92 Å². The molecule has 35 heavy (non-hydrogen) atoms. The quantitative estimate of drug-likeness (QED) is 0.423. The van der Waals surface area contributed by atoms with Crippen LogP contribution in [0.25, 0.3) is 5.65 Å². The maximum atomic E-state index is 12.9. The number of aromatic nitrogens is 2. The van der Waals surface area contributed by atoms with Crippen LogP contribution in [0.1, 0.15) is 17.7 Å². The van der Waals surface area contributed by atoms with Crippen molar-refractivity contribution in [1.29, 1.82) is 0 Å². The molecule has 0 radical (unpaired) electrons. The maximum absolute atomic E-state index is 12.9. The third-order valence-electron chi connectivity index (χ3n) is 5.50. The Hall–Kier alpha value is -4.05. The lowest BCUT2D eigenvalue weighted by Gasteiger charge is -2.12. The van der Waals surface area contributed by atoms with Crippen LogP contribution in [-0.4, -0.2) is 31.0 Å².